The van der Waals surface area contributed by atoms with E-state index < -0.39 is 29.2 Å². The molecule has 1 aromatic heterocycles. The Hall–Kier alpha value is -1.25. The molecule has 0 spiro atoms. The van der Waals surface area contributed by atoms with E-state index in [-0.39, 0.29) is 0 Å². The van der Waals surface area contributed by atoms with Crippen LogP contribution in [0.5, 0.6) is 0 Å². The SMILES string of the molecule is Cc1[nH]ncc1C(O)(C(F)(F)F)C(F)(F)F. The van der Waals surface area contributed by atoms with Gasteiger partial charge in [0.05, 0.1) is 6.20 Å². The predicted octanol–water partition coefficient (Wildman–Crippen LogP) is 2.03. The van der Waals surface area contributed by atoms with E-state index in [1.165, 1.54) is 0 Å². The molecule has 92 valence electrons. The maximum absolute atomic E-state index is 12.3. The van der Waals surface area contributed by atoms with Crippen LogP contribution in [0.2, 0.25) is 0 Å². The molecule has 0 bridgehead atoms. The number of aromatic nitrogens is 2. The van der Waals surface area contributed by atoms with Crippen LogP contribution in [-0.2, 0) is 5.60 Å². The Morgan fingerprint density at radius 2 is 1.56 bits per heavy atom. The number of aliphatic hydroxyl groups is 1. The lowest BCUT2D eigenvalue weighted by Crippen LogP contribution is -2.54. The summed E-state index contributed by atoms with van der Waals surface area (Å²) < 4.78 is 74.0. The summed E-state index contributed by atoms with van der Waals surface area (Å²) in [5.41, 5.74) is -6.76. The lowest BCUT2D eigenvalue weighted by molar-refractivity contribution is -0.376. The lowest BCUT2D eigenvalue weighted by atomic mass is 9.93. The number of aryl methyl sites for hydroxylation is 1. The maximum Gasteiger partial charge on any atom is 0.430 e. The average Bonchev–Trinajstić information content (AvgIpc) is 2.46. The van der Waals surface area contributed by atoms with E-state index in [0.717, 1.165) is 6.92 Å². The highest BCUT2D eigenvalue weighted by Gasteiger charge is 2.72. The molecule has 0 amide bonds. The summed E-state index contributed by atoms with van der Waals surface area (Å²) >= 11 is 0. The third-order valence-corrected chi connectivity index (χ3v) is 2.04. The Labute approximate surface area is 85.1 Å². The van der Waals surface area contributed by atoms with Crippen LogP contribution >= 0.6 is 0 Å². The van der Waals surface area contributed by atoms with Crippen molar-refractivity contribution in [3.8, 4) is 0 Å². The van der Waals surface area contributed by atoms with Gasteiger partial charge in [0.1, 0.15) is 0 Å². The number of alkyl halides is 6. The molecule has 0 aromatic carbocycles. The van der Waals surface area contributed by atoms with Crippen molar-refractivity contribution in [1.29, 1.82) is 0 Å². The summed E-state index contributed by atoms with van der Waals surface area (Å²) in [6, 6.07) is 0. The largest absolute Gasteiger partial charge is 0.430 e. The van der Waals surface area contributed by atoms with Crippen LogP contribution < -0.4 is 0 Å². The molecule has 0 aliphatic rings. The summed E-state index contributed by atoms with van der Waals surface area (Å²) in [5.74, 6) is 0. The fraction of sp³-hybridized carbons (Fsp3) is 0.571. The normalized spacial score (nSPS) is 14.2. The molecule has 0 aliphatic carbocycles. The van der Waals surface area contributed by atoms with E-state index in [1.54, 1.807) is 0 Å². The van der Waals surface area contributed by atoms with Gasteiger partial charge in [-0.05, 0) is 6.92 Å². The van der Waals surface area contributed by atoms with E-state index in [4.69, 9.17) is 5.11 Å². The summed E-state index contributed by atoms with van der Waals surface area (Å²) in [5, 5.41) is 13.9. The van der Waals surface area contributed by atoms with Gasteiger partial charge in [0.25, 0.3) is 5.60 Å². The van der Waals surface area contributed by atoms with Crippen molar-refractivity contribution in [3.05, 3.63) is 17.5 Å². The standard InChI is InChI=1S/C7H6F6N2O/c1-3-4(2-14-15-3)5(16,6(8,9)10)7(11,12)13/h2,16H,1H3,(H,14,15). The molecule has 9 heteroatoms. The molecule has 3 nitrogen and oxygen atoms in total. The second-order valence-corrected chi connectivity index (χ2v) is 3.11. The zero-order valence-corrected chi connectivity index (χ0v) is 7.74. The van der Waals surface area contributed by atoms with Crippen molar-refractivity contribution in [3.63, 3.8) is 0 Å². The van der Waals surface area contributed by atoms with Gasteiger partial charge >= 0.3 is 12.4 Å². The first kappa shape index (κ1) is 12.8. The second kappa shape index (κ2) is 3.37. The molecule has 1 rings (SSSR count). The van der Waals surface area contributed by atoms with Crippen molar-refractivity contribution in [2.24, 2.45) is 0 Å². The first-order valence-electron chi connectivity index (χ1n) is 3.88. The van der Waals surface area contributed by atoms with Crippen LogP contribution in [-0.4, -0.2) is 27.7 Å². The Balaban J connectivity index is 3.45. The molecule has 0 fully saturated rings. The molecule has 0 unspecified atom stereocenters. The van der Waals surface area contributed by atoms with Gasteiger partial charge in [0.2, 0.25) is 0 Å². The summed E-state index contributed by atoms with van der Waals surface area (Å²) in [6.45, 7) is 0.949. The van der Waals surface area contributed by atoms with Crippen LogP contribution in [0.4, 0.5) is 26.3 Å². The molecular weight excluding hydrogens is 242 g/mol. The first-order valence-corrected chi connectivity index (χ1v) is 3.88. The number of halogens is 6. The van der Waals surface area contributed by atoms with E-state index in [1.807, 2.05) is 5.10 Å². The molecule has 0 atom stereocenters. The summed E-state index contributed by atoms with van der Waals surface area (Å²) in [6.07, 6.45) is -11.4. The summed E-state index contributed by atoms with van der Waals surface area (Å²) in [7, 11) is 0. The van der Waals surface area contributed by atoms with Gasteiger partial charge in [-0.1, -0.05) is 0 Å². The zero-order chi connectivity index (χ0) is 12.8. The minimum Gasteiger partial charge on any atom is -0.369 e. The predicted molar refractivity (Wildman–Crippen MR) is 39.3 cm³/mol. The van der Waals surface area contributed by atoms with Gasteiger partial charge in [-0.15, -0.1) is 0 Å². The number of nitrogens with zero attached hydrogens (tertiary/aromatic N) is 1. The van der Waals surface area contributed by atoms with Crippen molar-refractivity contribution < 1.29 is 31.4 Å². The van der Waals surface area contributed by atoms with Gasteiger partial charge in [-0.2, -0.15) is 31.4 Å². The highest BCUT2D eigenvalue weighted by Crippen LogP contribution is 2.50. The van der Waals surface area contributed by atoms with Crippen molar-refractivity contribution in [2.75, 3.05) is 0 Å². The van der Waals surface area contributed by atoms with E-state index >= 15 is 0 Å². The quantitative estimate of drug-likeness (QED) is 0.747. The Morgan fingerprint density at radius 1 is 1.12 bits per heavy atom. The molecule has 0 saturated carbocycles. The van der Waals surface area contributed by atoms with Crippen LogP contribution in [0.25, 0.3) is 0 Å². The number of H-pyrrole nitrogens is 1. The van der Waals surface area contributed by atoms with Crippen LogP contribution in [0.3, 0.4) is 0 Å². The number of hydrogen-bond donors (Lipinski definition) is 2. The number of rotatable bonds is 1. The maximum atomic E-state index is 12.3. The lowest BCUT2D eigenvalue weighted by Gasteiger charge is -2.31. The molecule has 0 radical (unpaired) electrons. The first-order chi connectivity index (χ1) is 7.02. The van der Waals surface area contributed by atoms with E-state index in [2.05, 4.69) is 5.10 Å². The van der Waals surface area contributed by atoms with Crippen molar-refractivity contribution >= 4 is 0 Å². The average molecular weight is 248 g/mol. The Kier molecular flexibility index (Phi) is 2.70. The van der Waals surface area contributed by atoms with Gasteiger partial charge in [0, 0.05) is 11.3 Å². The Morgan fingerprint density at radius 3 is 1.81 bits per heavy atom. The minimum absolute atomic E-state index is 0.302. The summed E-state index contributed by atoms with van der Waals surface area (Å²) in [4.78, 5) is 0. The van der Waals surface area contributed by atoms with Crippen LogP contribution in [0, 0.1) is 6.92 Å². The van der Waals surface area contributed by atoms with Gasteiger partial charge in [-0.3, -0.25) is 5.10 Å². The van der Waals surface area contributed by atoms with Crippen molar-refractivity contribution in [1.82, 2.24) is 10.2 Å². The third-order valence-electron chi connectivity index (χ3n) is 2.04. The van der Waals surface area contributed by atoms with E-state index in [0.29, 0.717) is 6.20 Å². The van der Waals surface area contributed by atoms with Gasteiger partial charge in [-0.25, -0.2) is 0 Å². The molecular formula is C7H6F6N2O. The number of aromatic amines is 1. The highest BCUT2D eigenvalue weighted by molar-refractivity contribution is 5.27. The molecule has 2 N–H and O–H groups in total. The number of nitrogens with one attached hydrogen (secondary N) is 1. The highest BCUT2D eigenvalue weighted by atomic mass is 19.4. The smallest absolute Gasteiger partial charge is 0.369 e. The third kappa shape index (κ3) is 1.64. The van der Waals surface area contributed by atoms with Crippen LogP contribution in [0.1, 0.15) is 11.3 Å². The molecule has 1 aromatic rings. The van der Waals surface area contributed by atoms with Gasteiger partial charge < -0.3 is 5.11 Å². The topological polar surface area (TPSA) is 48.9 Å². The van der Waals surface area contributed by atoms with E-state index in [9.17, 15) is 26.3 Å². The molecule has 0 saturated heterocycles. The van der Waals surface area contributed by atoms with Gasteiger partial charge in [0.15, 0.2) is 0 Å². The number of hydrogen-bond acceptors (Lipinski definition) is 2. The molecule has 1 heterocycles. The zero-order valence-electron chi connectivity index (χ0n) is 7.74. The molecule has 0 aliphatic heterocycles. The van der Waals surface area contributed by atoms with Crippen molar-refractivity contribution in [2.45, 2.75) is 24.9 Å². The monoisotopic (exact) mass is 248 g/mol. The fourth-order valence-corrected chi connectivity index (χ4v) is 1.18. The van der Waals surface area contributed by atoms with Crippen LogP contribution in [0.15, 0.2) is 6.20 Å². The Bertz CT molecular complexity index is 365. The minimum atomic E-state index is -5.88. The fourth-order valence-electron chi connectivity index (χ4n) is 1.18. The second-order valence-electron chi connectivity index (χ2n) is 3.11. The molecule has 16 heavy (non-hydrogen) atoms.